The smallest absolute Gasteiger partial charge is 0.410 e. The molecule has 18 nitrogen and oxygen atoms in total. The number of ether oxygens (including phenoxy) is 3. The zero-order valence-corrected chi connectivity index (χ0v) is 32.6. The molecule has 5 N–H and O–H groups in total. The van der Waals surface area contributed by atoms with Gasteiger partial charge in [0.05, 0.1) is 13.2 Å². The van der Waals surface area contributed by atoms with Gasteiger partial charge in [-0.15, -0.1) is 0 Å². The molecule has 0 bridgehead atoms. The molecule has 0 unspecified atom stereocenters. The van der Waals surface area contributed by atoms with Gasteiger partial charge in [-0.05, 0) is 55.2 Å². The Balaban J connectivity index is 1.26. The average Bonchev–Trinajstić information content (AvgIpc) is 3.95. The van der Waals surface area contributed by atoms with Gasteiger partial charge in [0.25, 0.3) is 5.96 Å². The molecule has 0 radical (unpaired) electrons. The molecule has 0 aliphatic carbocycles. The van der Waals surface area contributed by atoms with E-state index in [4.69, 9.17) is 19.9 Å². The summed E-state index contributed by atoms with van der Waals surface area (Å²) in [4.78, 5) is 85.8. The van der Waals surface area contributed by atoms with Gasteiger partial charge in [-0.1, -0.05) is 96.4 Å². The fourth-order valence-electron chi connectivity index (χ4n) is 6.84. The van der Waals surface area contributed by atoms with E-state index in [1.54, 1.807) is 29.7 Å². The number of nitrogens with zero attached hydrogens (tertiary/aromatic N) is 4. The van der Waals surface area contributed by atoms with Crippen LogP contribution in [0.2, 0.25) is 0 Å². The SMILES string of the molecule is NC(=NCCC[C@H](NC(=O)[C@@H]1CCCN1C(=O)[C@H](COCc1ccccc1)NC(=O)[C@@H]1CCCN1C(=O)OCc1ccccc1)C(=O)OCc1ccccc1)N[N+](=O)[O-]. The molecular weight excluding hydrogens is 764 g/mol. The van der Waals surface area contributed by atoms with Gasteiger partial charge < -0.3 is 35.5 Å². The Morgan fingerprint density at radius 3 is 1.83 bits per heavy atom. The van der Waals surface area contributed by atoms with E-state index in [1.165, 1.54) is 9.80 Å². The second-order valence-electron chi connectivity index (χ2n) is 14.1. The Morgan fingerprint density at radius 2 is 1.25 bits per heavy atom. The zero-order valence-electron chi connectivity index (χ0n) is 32.6. The molecule has 0 spiro atoms. The molecule has 59 heavy (non-hydrogen) atoms. The highest BCUT2D eigenvalue weighted by Crippen LogP contribution is 2.22. The first-order valence-electron chi connectivity index (χ1n) is 19.5. The lowest BCUT2D eigenvalue weighted by molar-refractivity contribution is -0.525. The number of hydrogen-bond acceptors (Lipinski definition) is 11. The first kappa shape index (κ1) is 43.6. The van der Waals surface area contributed by atoms with Gasteiger partial charge in [0, 0.05) is 19.6 Å². The molecule has 3 aromatic rings. The Bertz CT molecular complexity index is 1900. The number of amides is 4. The van der Waals surface area contributed by atoms with E-state index in [1.807, 2.05) is 66.7 Å². The Kier molecular flexibility index (Phi) is 16.5. The van der Waals surface area contributed by atoms with E-state index in [9.17, 15) is 34.1 Å². The molecule has 4 atom stereocenters. The molecule has 2 heterocycles. The molecule has 2 saturated heterocycles. The number of nitrogens with two attached hydrogens (primary N) is 1. The lowest BCUT2D eigenvalue weighted by Gasteiger charge is -2.31. The number of nitrogens with one attached hydrogen (secondary N) is 3. The summed E-state index contributed by atoms with van der Waals surface area (Å²) in [6.45, 7) is 0.414. The van der Waals surface area contributed by atoms with Crippen LogP contribution in [0, 0.1) is 10.1 Å². The third-order valence-corrected chi connectivity index (χ3v) is 9.81. The van der Waals surface area contributed by atoms with Gasteiger partial charge in [-0.3, -0.25) is 19.3 Å². The average molecular weight is 815 g/mol. The zero-order chi connectivity index (χ0) is 42.0. The minimum absolute atomic E-state index is 0.00653. The van der Waals surface area contributed by atoms with Crippen molar-refractivity contribution < 1.29 is 43.2 Å². The number of rotatable bonds is 19. The molecule has 2 fully saturated rings. The highest BCUT2D eigenvalue weighted by molar-refractivity contribution is 5.95. The van der Waals surface area contributed by atoms with Crippen molar-refractivity contribution in [2.75, 3.05) is 26.2 Å². The molecule has 5 rings (SSSR count). The molecule has 314 valence electrons. The standard InChI is InChI=1S/C41H50N8O10/c42-40(46-49(55)56)43-22-10-19-32(39(53)58-26-30-15-6-2-7-16-30)44-36(50)34-20-11-23-47(34)38(52)33(28-57-25-29-13-4-1-5-14-29)45-37(51)35-21-12-24-48(35)41(54)59-27-31-17-8-3-9-18-31/h1-9,13-18,32-35H,10-12,19-28H2,(H,44,50)(H,45,51)(H3,42,43,46)/t32-,33-,34-,35-/m0/s1. The minimum atomic E-state index is -1.22. The first-order chi connectivity index (χ1) is 28.6. The number of hydrazine groups is 1. The summed E-state index contributed by atoms with van der Waals surface area (Å²) in [5, 5.41) is 15.4. The first-order valence-corrected chi connectivity index (χ1v) is 19.5. The highest BCUT2D eigenvalue weighted by atomic mass is 16.7. The maximum Gasteiger partial charge on any atom is 0.410 e. The summed E-state index contributed by atoms with van der Waals surface area (Å²) in [5.74, 6) is -2.86. The van der Waals surface area contributed by atoms with Crippen LogP contribution in [-0.4, -0.2) is 101 Å². The van der Waals surface area contributed by atoms with Crippen molar-refractivity contribution in [3.8, 4) is 0 Å². The normalized spacial score (nSPS) is 17.4. The van der Waals surface area contributed by atoms with E-state index >= 15 is 0 Å². The van der Waals surface area contributed by atoms with Crippen LogP contribution in [-0.2, 0) is 53.2 Å². The van der Waals surface area contributed by atoms with Crippen molar-refractivity contribution in [3.05, 3.63) is 118 Å². The fraction of sp³-hybridized carbons (Fsp3) is 0.415. The topological polar surface area (TPSA) is 237 Å². The lowest BCUT2D eigenvalue weighted by atomic mass is 10.1. The number of likely N-dealkylation sites (tertiary alicyclic amines) is 2. The van der Waals surface area contributed by atoms with Crippen LogP contribution in [0.3, 0.4) is 0 Å². The molecule has 0 saturated carbocycles. The highest BCUT2D eigenvalue weighted by Gasteiger charge is 2.41. The minimum Gasteiger partial charge on any atom is -0.459 e. The predicted molar refractivity (Wildman–Crippen MR) is 213 cm³/mol. The number of carbonyl (C=O) groups excluding carboxylic acids is 5. The van der Waals surface area contributed by atoms with Crippen LogP contribution in [0.5, 0.6) is 0 Å². The Labute approximate surface area is 341 Å². The van der Waals surface area contributed by atoms with Gasteiger partial charge in [0.15, 0.2) is 5.03 Å². The summed E-state index contributed by atoms with van der Waals surface area (Å²) in [7, 11) is 0. The number of carbonyl (C=O) groups is 5. The third kappa shape index (κ3) is 13.5. The van der Waals surface area contributed by atoms with E-state index in [-0.39, 0.29) is 58.8 Å². The summed E-state index contributed by atoms with van der Waals surface area (Å²) in [5.41, 5.74) is 9.63. The molecule has 3 aromatic carbocycles. The van der Waals surface area contributed by atoms with E-state index in [2.05, 4.69) is 15.6 Å². The van der Waals surface area contributed by atoms with Crippen molar-refractivity contribution in [2.45, 2.75) is 82.5 Å². The molecule has 2 aliphatic heterocycles. The van der Waals surface area contributed by atoms with Crippen LogP contribution in [0.1, 0.15) is 55.2 Å². The third-order valence-electron chi connectivity index (χ3n) is 9.81. The summed E-state index contributed by atoms with van der Waals surface area (Å²) in [6, 6.07) is 23.2. The molecule has 0 aromatic heterocycles. The monoisotopic (exact) mass is 814 g/mol. The van der Waals surface area contributed by atoms with Crippen molar-refractivity contribution in [2.24, 2.45) is 10.7 Å². The van der Waals surface area contributed by atoms with Crippen molar-refractivity contribution in [3.63, 3.8) is 0 Å². The summed E-state index contributed by atoms with van der Waals surface area (Å²) >= 11 is 0. The number of hydrogen-bond donors (Lipinski definition) is 4. The number of esters is 1. The summed E-state index contributed by atoms with van der Waals surface area (Å²) < 4.78 is 17.0. The molecule has 18 heteroatoms. The number of benzene rings is 3. The predicted octanol–water partition coefficient (Wildman–Crippen LogP) is 2.58. The lowest BCUT2D eigenvalue weighted by Crippen LogP contribution is -2.58. The fourth-order valence-corrected chi connectivity index (χ4v) is 6.84. The van der Waals surface area contributed by atoms with Crippen molar-refractivity contribution in [1.82, 2.24) is 25.9 Å². The van der Waals surface area contributed by atoms with Crippen LogP contribution < -0.4 is 21.8 Å². The van der Waals surface area contributed by atoms with E-state index in [0.29, 0.717) is 25.8 Å². The van der Waals surface area contributed by atoms with Crippen LogP contribution in [0.15, 0.2) is 96.0 Å². The Hall–Kier alpha value is -6.56. The van der Waals surface area contributed by atoms with Crippen LogP contribution in [0.4, 0.5) is 4.79 Å². The maximum absolute atomic E-state index is 14.3. The molecule has 2 aliphatic rings. The molecular formula is C41H50N8O10. The second-order valence-corrected chi connectivity index (χ2v) is 14.1. The van der Waals surface area contributed by atoms with Crippen LogP contribution >= 0.6 is 0 Å². The number of nitro groups is 1. The van der Waals surface area contributed by atoms with Gasteiger partial charge >= 0.3 is 12.1 Å². The van der Waals surface area contributed by atoms with Crippen molar-refractivity contribution in [1.29, 1.82) is 0 Å². The van der Waals surface area contributed by atoms with Crippen LogP contribution in [0.25, 0.3) is 0 Å². The number of aliphatic imine (C=N–C) groups is 1. The van der Waals surface area contributed by atoms with E-state index in [0.717, 1.165) is 16.7 Å². The van der Waals surface area contributed by atoms with Crippen molar-refractivity contribution >= 4 is 35.7 Å². The van der Waals surface area contributed by atoms with Gasteiger partial charge in [-0.25, -0.2) is 24.7 Å². The second kappa shape index (κ2) is 22.4. The van der Waals surface area contributed by atoms with Gasteiger partial charge in [0.2, 0.25) is 17.7 Å². The largest absolute Gasteiger partial charge is 0.459 e. The molecule has 4 amide bonds. The quantitative estimate of drug-likeness (QED) is 0.0341. The van der Waals surface area contributed by atoms with E-state index < -0.39 is 64.9 Å². The Morgan fingerprint density at radius 1 is 0.746 bits per heavy atom. The number of guanidine groups is 1. The van der Waals surface area contributed by atoms with Gasteiger partial charge in [-0.2, -0.15) is 0 Å². The maximum atomic E-state index is 14.3. The van der Waals surface area contributed by atoms with Gasteiger partial charge in [0.1, 0.15) is 37.4 Å². The summed E-state index contributed by atoms with van der Waals surface area (Å²) in [6.07, 6.45) is 1.27.